The molecular formula is C24H25FN4O3. The topological polar surface area (TPSA) is 83.6 Å². The van der Waals surface area contributed by atoms with Crippen molar-refractivity contribution in [3.05, 3.63) is 89.9 Å². The normalized spacial score (nSPS) is 10.3. The maximum absolute atomic E-state index is 12.9. The SMILES string of the molecule is CN(Cc1ccccc1)C(=O)NCCC(=O)NCc1ccc(Oc2ccc(F)cc2)nc1. The van der Waals surface area contributed by atoms with Crippen LogP contribution in [0.15, 0.2) is 72.9 Å². The average Bonchev–Trinajstić information content (AvgIpc) is 2.80. The molecule has 3 rings (SSSR count). The van der Waals surface area contributed by atoms with Crippen LogP contribution >= 0.6 is 0 Å². The third-order valence-corrected chi connectivity index (χ3v) is 4.56. The number of hydrogen-bond acceptors (Lipinski definition) is 4. The lowest BCUT2D eigenvalue weighted by Gasteiger charge is -2.18. The van der Waals surface area contributed by atoms with Gasteiger partial charge in [0.1, 0.15) is 11.6 Å². The van der Waals surface area contributed by atoms with Crippen LogP contribution in [-0.2, 0) is 17.9 Å². The molecule has 2 aromatic carbocycles. The fourth-order valence-corrected chi connectivity index (χ4v) is 2.84. The Morgan fingerprint density at radius 3 is 2.41 bits per heavy atom. The largest absolute Gasteiger partial charge is 0.439 e. The van der Waals surface area contributed by atoms with Crippen LogP contribution < -0.4 is 15.4 Å². The number of hydrogen-bond donors (Lipinski definition) is 2. The van der Waals surface area contributed by atoms with Gasteiger partial charge in [-0.15, -0.1) is 0 Å². The fraction of sp³-hybridized carbons (Fsp3) is 0.208. The molecule has 0 spiro atoms. The van der Waals surface area contributed by atoms with E-state index in [1.165, 1.54) is 24.3 Å². The number of benzene rings is 2. The van der Waals surface area contributed by atoms with Gasteiger partial charge in [0.05, 0.1) is 0 Å². The summed E-state index contributed by atoms with van der Waals surface area (Å²) in [6.45, 7) is 1.05. The molecule has 7 nitrogen and oxygen atoms in total. The van der Waals surface area contributed by atoms with Crippen molar-refractivity contribution in [3.63, 3.8) is 0 Å². The molecule has 0 aliphatic heterocycles. The summed E-state index contributed by atoms with van der Waals surface area (Å²) < 4.78 is 18.5. The van der Waals surface area contributed by atoms with E-state index in [-0.39, 0.29) is 30.7 Å². The lowest BCUT2D eigenvalue weighted by atomic mass is 10.2. The van der Waals surface area contributed by atoms with Crippen LogP contribution in [0.2, 0.25) is 0 Å². The first kappa shape index (κ1) is 22.7. The molecule has 0 aliphatic rings. The van der Waals surface area contributed by atoms with E-state index in [1.807, 2.05) is 30.3 Å². The molecule has 3 aromatic rings. The van der Waals surface area contributed by atoms with Gasteiger partial charge in [-0.05, 0) is 35.4 Å². The van der Waals surface area contributed by atoms with Crippen LogP contribution in [-0.4, -0.2) is 35.4 Å². The number of urea groups is 1. The summed E-state index contributed by atoms with van der Waals surface area (Å²) in [5.41, 5.74) is 1.84. The van der Waals surface area contributed by atoms with Gasteiger partial charge in [-0.1, -0.05) is 36.4 Å². The Balaban J connectivity index is 1.34. The van der Waals surface area contributed by atoms with Crippen molar-refractivity contribution in [3.8, 4) is 11.6 Å². The van der Waals surface area contributed by atoms with Crippen molar-refractivity contribution < 1.29 is 18.7 Å². The van der Waals surface area contributed by atoms with Crippen LogP contribution in [0, 0.1) is 5.82 Å². The number of rotatable bonds is 9. The molecule has 0 saturated carbocycles. The number of nitrogens with zero attached hydrogens (tertiary/aromatic N) is 2. The predicted octanol–water partition coefficient (Wildman–Crippen LogP) is 3.86. The summed E-state index contributed by atoms with van der Waals surface area (Å²) in [5, 5.41) is 5.53. The quantitative estimate of drug-likeness (QED) is 0.534. The summed E-state index contributed by atoms with van der Waals surface area (Å²) in [4.78, 5) is 29.9. The molecule has 0 saturated heterocycles. The molecule has 166 valence electrons. The number of halogens is 1. The standard InChI is InChI=1S/C24H25FN4O3/c1-29(17-18-5-3-2-4-6-18)24(31)26-14-13-22(30)27-15-19-7-12-23(28-16-19)32-21-10-8-20(25)9-11-21/h2-12,16H,13-15,17H2,1H3,(H,26,31)(H,27,30). The smallest absolute Gasteiger partial charge is 0.317 e. The summed E-state index contributed by atoms with van der Waals surface area (Å²) >= 11 is 0. The van der Waals surface area contributed by atoms with E-state index in [1.54, 1.807) is 30.3 Å². The number of carbonyl (C=O) groups excluding carboxylic acids is 2. The Labute approximate surface area is 186 Å². The van der Waals surface area contributed by atoms with Gasteiger partial charge < -0.3 is 20.3 Å². The second kappa shape index (κ2) is 11.5. The van der Waals surface area contributed by atoms with E-state index in [2.05, 4.69) is 15.6 Å². The number of amides is 3. The van der Waals surface area contributed by atoms with E-state index in [0.717, 1.165) is 11.1 Å². The summed E-state index contributed by atoms with van der Waals surface area (Å²) in [5.74, 6) is 0.336. The van der Waals surface area contributed by atoms with Gasteiger partial charge in [0.25, 0.3) is 0 Å². The minimum absolute atomic E-state index is 0.171. The number of carbonyl (C=O) groups is 2. The third-order valence-electron chi connectivity index (χ3n) is 4.56. The number of pyridine rings is 1. The number of nitrogens with one attached hydrogen (secondary N) is 2. The summed E-state index contributed by atoms with van der Waals surface area (Å²) in [7, 11) is 1.71. The van der Waals surface area contributed by atoms with Gasteiger partial charge in [-0.3, -0.25) is 4.79 Å². The first-order chi connectivity index (χ1) is 15.5. The molecule has 1 heterocycles. The number of ether oxygens (including phenoxy) is 1. The van der Waals surface area contributed by atoms with Gasteiger partial charge in [-0.25, -0.2) is 14.2 Å². The zero-order chi connectivity index (χ0) is 22.8. The van der Waals surface area contributed by atoms with E-state index < -0.39 is 0 Å². The molecule has 0 unspecified atom stereocenters. The first-order valence-electron chi connectivity index (χ1n) is 10.2. The third kappa shape index (κ3) is 7.39. The molecule has 0 bridgehead atoms. The lowest BCUT2D eigenvalue weighted by molar-refractivity contribution is -0.121. The molecule has 32 heavy (non-hydrogen) atoms. The number of aromatic nitrogens is 1. The van der Waals surface area contributed by atoms with Gasteiger partial charge in [0.2, 0.25) is 11.8 Å². The van der Waals surface area contributed by atoms with Crippen LogP contribution in [0.4, 0.5) is 9.18 Å². The summed E-state index contributed by atoms with van der Waals surface area (Å²) in [6, 6.07) is 18.6. The van der Waals surface area contributed by atoms with E-state index in [0.29, 0.717) is 24.7 Å². The Morgan fingerprint density at radius 1 is 0.969 bits per heavy atom. The lowest BCUT2D eigenvalue weighted by Crippen LogP contribution is -2.38. The van der Waals surface area contributed by atoms with Crippen LogP contribution in [0.3, 0.4) is 0 Å². The van der Waals surface area contributed by atoms with Gasteiger partial charge >= 0.3 is 6.03 Å². The Morgan fingerprint density at radius 2 is 1.72 bits per heavy atom. The van der Waals surface area contributed by atoms with Crippen molar-refractivity contribution in [1.82, 2.24) is 20.5 Å². The zero-order valence-corrected chi connectivity index (χ0v) is 17.8. The highest BCUT2D eigenvalue weighted by Crippen LogP contribution is 2.19. The predicted molar refractivity (Wildman–Crippen MR) is 118 cm³/mol. The molecule has 0 radical (unpaired) electrons. The van der Waals surface area contributed by atoms with Crippen molar-refractivity contribution in [2.45, 2.75) is 19.5 Å². The Hall–Kier alpha value is -3.94. The minimum atomic E-state index is -0.338. The van der Waals surface area contributed by atoms with E-state index >= 15 is 0 Å². The van der Waals surface area contributed by atoms with Gasteiger partial charge in [0.15, 0.2) is 0 Å². The van der Waals surface area contributed by atoms with E-state index in [4.69, 9.17) is 4.74 Å². The molecule has 1 aromatic heterocycles. The van der Waals surface area contributed by atoms with Crippen molar-refractivity contribution in [2.75, 3.05) is 13.6 Å². The van der Waals surface area contributed by atoms with Crippen molar-refractivity contribution in [2.24, 2.45) is 0 Å². The highest BCUT2D eigenvalue weighted by atomic mass is 19.1. The molecule has 8 heteroatoms. The first-order valence-corrected chi connectivity index (χ1v) is 10.2. The minimum Gasteiger partial charge on any atom is -0.439 e. The van der Waals surface area contributed by atoms with Crippen LogP contribution in [0.1, 0.15) is 17.5 Å². The maximum atomic E-state index is 12.9. The zero-order valence-electron chi connectivity index (χ0n) is 17.8. The molecule has 2 N–H and O–H groups in total. The van der Waals surface area contributed by atoms with Crippen molar-refractivity contribution in [1.29, 1.82) is 0 Å². The van der Waals surface area contributed by atoms with E-state index in [9.17, 15) is 14.0 Å². The maximum Gasteiger partial charge on any atom is 0.317 e. The molecular weight excluding hydrogens is 411 g/mol. The Bertz CT molecular complexity index is 1010. The van der Waals surface area contributed by atoms with Crippen LogP contribution in [0.5, 0.6) is 11.6 Å². The van der Waals surface area contributed by atoms with Gasteiger partial charge in [-0.2, -0.15) is 0 Å². The highest BCUT2D eigenvalue weighted by molar-refractivity contribution is 5.78. The summed E-state index contributed by atoms with van der Waals surface area (Å²) in [6.07, 6.45) is 1.77. The molecule has 3 amide bonds. The van der Waals surface area contributed by atoms with Crippen molar-refractivity contribution >= 4 is 11.9 Å². The second-order valence-electron chi connectivity index (χ2n) is 7.16. The average molecular weight is 436 g/mol. The molecule has 0 aliphatic carbocycles. The second-order valence-corrected chi connectivity index (χ2v) is 7.16. The van der Waals surface area contributed by atoms with Gasteiger partial charge in [0, 0.05) is 45.4 Å². The highest BCUT2D eigenvalue weighted by Gasteiger charge is 2.09. The molecule has 0 atom stereocenters. The fourth-order valence-electron chi connectivity index (χ4n) is 2.84. The Kier molecular flexibility index (Phi) is 8.14. The van der Waals surface area contributed by atoms with Crippen LogP contribution in [0.25, 0.3) is 0 Å². The monoisotopic (exact) mass is 436 g/mol. The molecule has 0 fully saturated rings.